The molecule has 2 N–H and O–H groups in total. The highest BCUT2D eigenvalue weighted by atomic mass is 32.2. The Bertz CT molecular complexity index is 402. The number of carbonyl (C=O) groups excluding carboxylic acids is 1. The van der Waals surface area contributed by atoms with Crippen molar-refractivity contribution >= 4 is 16.0 Å². The summed E-state index contributed by atoms with van der Waals surface area (Å²) in [4.78, 5) is 9.87. The molecule has 0 aliphatic rings. The van der Waals surface area contributed by atoms with Crippen molar-refractivity contribution in [1.82, 2.24) is 5.32 Å². The van der Waals surface area contributed by atoms with Crippen LogP contribution in [-0.4, -0.2) is 23.7 Å². The predicted octanol–water partition coefficient (Wildman–Crippen LogP) is 2.25. The molecule has 1 unspecified atom stereocenters. The van der Waals surface area contributed by atoms with Gasteiger partial charge < -0.3 is 5.32 Å². The number of unbranched alkanes of at least 4 members (excludes halogenated alkanes) is 3. The molecule has 106 valence electrons. The van der Waals surface area contributed by atoms with Gasteiger partial charge in [-0.15, -0.1) is 0 Å². The number of rotatable bonds is 8. The highest BCUT2D eigenvalue weighted by Crippen LogP contribution is 2.21. The molecule has 18 heavy (non-hydrogen) atoms. The van der Waals surface area contributed by atoms with E-state index in [4.69, 9.17) is 0 Å². The van der Waals surface area contributed by atoms with Gasteiger partial charge in [0.15, 0.2) is 4.87 Å². The summed E-state index contributed by atoms with van der Waals surface area (Å²) in [6.45, 7) is 8.29. The van der Waals surface area contributed by atoms with E-state index in [2.05, 4.69) is 11.9 Å². The van der Waals surface area contributed by atoms with E-state index in [1.54, 1.807) is 0 Å². The fraction of sp³-hybridized carbons (Fsp3) is 0.750. The third-order valence-corrected chi connectivity index (χ3v) is 4.29. The van der Waals surface area contributed by atoms with E-state index in [1.165, 1.54) is 13.8 Å². The first-order valence-electron chi connectivity index (χ1n) is 6.09. The van der Waals surface area contributed by atoms with E-state index in [0.29, 0.717) is 6.42 Å². The van der Waals surface area contributed by atoms with Crippen LogP contribution in [0.4, 0.5) is 0 Å². The molecule has 0 aromatic carbocycles. The summed E-state index contributed by atoms with van der Waals surface area (Å²) in [5.74, 6) is -0.564. The van der Waals surface area contributed by atoms with Crippen molar-refractivity contribution in [2.75, 3.05) is 0 Å². The molecule has 0 fully saturated rings. The lowest BCUT2D eigenvalue weighted by Crippen LogP contribution is -2.52. The largest absolute Gasteiger partial charge is 0.332 e. The smallest absolute Gasteiger partial charge is 0.288 e. The van der Waals surface area contributed by atoms with Crippen LogP contribution >= 0.6 is 0 Å². The van der Waals surface area contributed by atoms with Crippen LogP contribution in [0.2, 0.25) is 0 Å². The van der Waals surface area contributed by atoms with Crippen LogP contribution in [0.3, 0.4) is 0 Å². The van der Waals surface area contributed by atoms with E-state index >= 15 is 0 Å². The van der Waals surface area contributed by atoms with E-state index in [0.717, 1.165) is 19.3 Å². The van der Waals surface area contributed by atoms with E-state index < -0.39 is 20.9 Å². The fourth-order valence-corrected chi connectivity index (χ4v) is 2.12. The molecule has 0 aliphatic heterocycles. The highest BCUT2D eigenvalue weighted by Gasteiger charge is 2.38. The van der Waals surface area contributed by atoms with Crippen LogP contribution in [0.5, 0.6) is 0 Å². The zero-order valence-electron chi connectivity index (χ0n) is 11.3. The molecular weight excluding hydrogens is 254 g/mol. The van der Waals surface area contributed by atoms with Crippen molar-refractivity contribution in [2.45, 2.75) is 57.7 Å². The maximum absolute atomic E-state index is 11.5. The second-order valence-electron chi connectivity index (χ2n) is 4.75. The average molecular weight is 277 g/mol. The van der Waals surface area contributed by atoms with Gasteiger partial charge in [0.2, 0.25) is 5.91 Å². The molecule has 6 heteroatoms. The van der Waals surface area contributed by atoms with Gasteiger partial charge in [-0.25, -0.2) is 0 Å². The summed E-state index contributed by atoms with van der Waals surface area (Å²) in [5, 5.41) is 2.33. The number of carbonyl (C=O) groups is 1. The standard InChI is InChI=1S/C12H23NO4S/c1-5-6-7-8-9-12(4,18(15,16)17)13-11(14)10(2)3/h2,5-9H2,1,3-4H3,(H,13,14)(H,15,16,17). The molecule has 0 radical (unpaired) electrons. The first-order valence-corrected chi connectivity index (χ1v) is 7.53. The van der Waals surface area contributed by atoms with Crippen molar-refractivity contribution in [2.24, 2.45) is 0 Å². The molecule has 0 heterocycles. The molecule has 1 atom stereocenters. The quantitative estimate of drug-likeness (QED) is 0.405. The van der Waals surface area contributed by atoms with Gasteiger partial charge in [-0.1, -0.05) is 32.8 Å². The Morgan fingerprint density at radius 2 is 1.89 bits per heavy atom. The first kappa shape index (κ1) is 17.1. The van der Waals surface area contributed by atoms with Crippen LogP contribution in [0.1, 0.15) is 52.9 Å². The SMILES string of the molecule is C=C(C)C(=O)NC(C)(CCCCCC)S(=O)(=O)O. The monoisotopic (exact) mass is 277 g/mol. The van der Waals surface area contributed by atoms with Crippen molar-refractivity contribution in [3.63, 3.8) is 0 Å². The van der Waals surface area contributed by atoms with Crippen LogP contribution in [-0.2, 0) is 14.9 Å². The molecule has 0 bridgehead atoms. The minimum Gasteiger partial charge on any atom is -0.332 e. The number of hydrogen-bond acceptors (Lipinski definition) is 3. The maximum atomic E-state index is 11.5. The molecule has 0 spiro atoms. The minimum atomic E-state index is -4.35. The molecule has 0 aromatic heterocycles. The highest BCUT2D eigenvalue weighted by molar-refractivity contribution is 7.87. The zero-order chi connectivity index (χ0) is 14.4. The normalized spacial score (nSPS) is 14.9. The van der Waals surface area contributed by atoms with Gasteiger partial charge in [0, 0.05) is 5.57 Å². The Hall–Kier alpha value is -0.880. The molecule has 0 aromatic rings. The van der Waals surface area contributed by atoms with Crippen LogP contribution in [0.25, 0.3) is 0 Å². The molecule has 1 amide bonds. The van der Waals surface area contributed by atoms with Crippen molar-refractivity contribution < 1.29 is 17.8 Å². The zero-order valence-corrected chi connectivity index (χ0v) is 12.1. The topological polar surface area (TPSA) is 83.5 Å². The second-order valence-corrected chi connectivity index (χ2v) is 6.60. The summed E-state index contributed by atoms with van der Waals surface area (Å²) in [6, 6.07) is 0. The van der Waals surface area contributed by atoms with Gasteiger partial charge in [-0.05, 0) is 26.7 Å². The van der Waals surface area contributed by atoms with Crippen molar-refractivity contribution in [3.8, 4) is 0 Å². The van der Waals surface area contributed by atoms with Gasteiger partial charge >= 0.3 is 0 Å². The van der Waals surface area contributed by atoms with Crippen molar-refractivity contribution in [3.05, 3.63) is 12.2 Å². The summed E-state index contributed by atoms with van der Waals surface area (Å²) >= 11 is 0. The number of nitrogens with one attached hydrogen (secondary N) is 1. The fourth-order valence-electron chi connectivity index (χ4n) is 1.49. The average Bonchev–Trinajstić information content (AvgIpc) is 2.22. The molecule has 0 saturated carbocycles. The number of amides is 1. The van der Waals surface area contributed by atoms with Crippen LogP contribution < -0.4 is 5.32 Å². The summed E-state index contributed by atoms with van der Waals surface area (Å²) < 4.78 is 32.0. The second kappa shape index (κ2) is 6.89. The van der Waals surface area contributed by atoms with E-state index in [1.807, 2.05) is 6.92 Å². The lowest BCUT2D eigenvalue weighted by molar-refractivity contribution is -0.118. The Morgan fingerprint density at radius 3 is 2.28 bits per heavy atom. The van der Waals surface area contributed by atoms with Gasteiger partial charge in [0.1, 0.15) is 0 Å². The third kappa shape index (κ3) is 5.18. The molecule has 0 aliphatic carbocycles. The van der Waals surface area contributed by atoms with Crippen LogP contribution in [0, 0.1) is 0 Å². The summed E-state index contributed by atoms with van der Waals surface area (Å²) in [7, 11) is -4.35. The van der Waals surface area contributed by atoms with E-state index in [-0.39, 0.29) is 12.0 Å². The Kier molecular flexibility index (Phi) is 6.56. The molecule has 0 saturated heterocycles. The van der Waals surface area contributed by atoms with Gasteiger partial charge in [-0.2, -0.15) is 8.42 Å². The van der Waals surface area contributed by atoms with E-state index in [9.17, 15) is 17.8 Å². The lowest BCUT2D eigenvalue weighted by Gasteiger charge is -2.27. The summed E-state index contributed by atoms with van der Waals surface area (Å²) in [6.07, 6.45) is 3.70. The summed E-state index contributed by atoms with van der Waals surface area (Å²) in [5.41, 5.74) is 0.207. The maximum Gasteiger partial charge on any atom is 0.288 e. The minimum absolute atomic E-state index is 0.185. The molecule has 0 rings (SSSR count). The Balaban J connectivity index is 4.76. The van der Waals surface area contributed by atoms with Crippen LogP contribution in [0.15, 0.2) is 12.2 Å². The predicted molar refractivity (Wildman–Crippen MR) is 71.7 cm³/mol. The first-order chi connectivity index (χ1) is 8.14. The molecule has 5 nitrogen and oxygen atoms in total. The molecular formula is C12H23NO4S. The van der Waals surface area contributed by atoms with Gasteiger partial charge in [0.25, 0.3) is 10.1 Å². The Morgan fingerprint density at radius 1 is 1.33 bits per heavy atom. The third-order valence-electron chi connectivity index (χ3n) is 2.84. The lowest BCUT2D eigenvalue weighted by atomic mass is 10.1. The Labute approximate surface area is 109 Å². The van der Waals surface area contributed by atoms with Crippen molar-refractivity contribution in [1.29, 1.82) is 0 Å². The van der Waals surface area contributed by atoms with Gasteiger partial charge in [0.05, 0.1) is 0 Å². The number of hydrogen-bond donors (Lipinski definition) is 2. The van der Waals surface area contributed by atoms with Gasteiger partial charge in [-0.3, -0.25) is 9.35 Å².